The molecular formula is C15H24F2N2. The Kier molecular flexibility index (Phi) is 6.38. The number of benzene rings is 1. The molecule has 0 saturated heterocycles. The topological polar surface area (TPSA) is 6.48 Å². The molecule has 4 heteroatoms. The molecule has 0 amide bonds. The van der Waals surface area contributed by atoms with Gasteiger partial charge in [-0.3, -0.25) is 4.90 Å². The smallest absolute Gasteiger partial charge is 0.128 e. The molecule has 0 aliphatic carbocycles. The zero-order chi connectivity index (χ0) is 14.4. The molecule has 0 saturated carbocycles. The van der Waals surface area contributed by atoms with Gasteiger partial charge >= 0.3 is 0 Å². The third-order valence-electron chi connectivity index (χ3n) is 3.73. The van der Waals surface area contributed by atoms with E-state index in [0.717, 1.165) is 32.2 Å². The van der Waals surface area contributed by atoms with Crippen molar-refractivity contribution in [2.45, 2.75) is 26.8 Å². The third kappa shape index (κ3) is 4.55. The molecule has 1 rings (SSSR count). The Balaban J connectivity index is 2.65. The minimum Gasteiger partial charge on any atom is -0.303 e. The molecule has 108 valence electrons. The molecule has 0 spiro atoms. The number of nitrogens with zero attached hydrogens (tertiary/aromatic N) is 2. The van der Waals surface area contributed by atoms with Crippen LogP contribution in [0.4, 0.5) is 8.78 Å². The fourth-order valence-electron chi connectivity index (χ4n) is 2.10. The van der Waals surface area contributed by atoms with Crippen molar-refractivity contribution in [2.75, 3.05) is 33.2 Å². The zero-order valence-corrected chi connectivity index (χ0v) is 12.3. The second kappa shape index (κ2) is 7.56. The summed E-state index contributed by atoms with van der Waals surface area (Å²) in [5, 5.41) is 0. The molecular weight excluding hydrogens is 246 g/mol. The van der Waals surface area contributed by atoms with Gasteiger partial charge in [-0.05, 0) is 45.3 Å². The number of halogens is 2. The van der Waals surface area contributed by atoms with Crippen molar-refractivity contribution >= 4 is 0 Å². The normalized spacial score (nSPS) is 13.3. The van der Waals surface area contributed by atoms with Crippen molar-refractivity contribution in [1.82, 2.24) is 9.80 Å². The van der Waals surface area contributed by atoms with Gasteiger partial charge in [0, 0.05) is 24.7 Å². The highest BCUT2D eigenvalue weighted by atomic mass is 19.1. The predicted molar refractivity (Wildman–Crippen MR) is 75.2 cm³/mol. The lowest BCUT2D eigenvalue weighted by atomic mass is 10.1. The average molecular weight is 270 g/mol. The lowest BCUT2D eigenvalue weighted by molar-refractivity contribution is 0.203. The van der Waals surface area contributed by atoms with Crippen LogP contribution in [0.1, 0.15) is 32.4 Å². The monoisotopic (exact) mass is 270 g/mol. The summed E-state index contributed by atoms with van der Waals surface area (Å²) in [5.41, 5.74) is 0.419. The fraction of sp³-hybridized carbons (Fsp3) is 0.600. The number of likely N-dealkylation sites (N-methyl/N-ethyl adjacent to an activating group) is 2. The molecule has 2 nitrogen and oxygen atoms in total. The Morgan fingerprint density at radius 3 is 2.32 bits per heavy atom. The van der Waals surface area contributed by atoms with Gasteiger partial charge < -0.3 is 4.90 Å². The van der Waals surface area contributed by atoms with Gasteiger partial charge in [0.25, 0.3) is 0 Å². The molecule has 1 aromatic carbocycles. The zero-order valence-electron chi connectivity index (χ0n) is 12.3. The number of rotatable bonds is 7. The number of hydrogen-bond donors (Lipinski definition) is 0. The van der Waals surface area contributed by atoms with E-state index in [9.17, 15) is 8.78 Å². The maximum atomic E-state index is 13.7. The second-order valence-corrected chi connectivity index (χ2v) is 4.85. The Morgan fingerprint density at radius 2 is 1.74 bits per heavy atom. The van der Waals surface area contributed by atoms with E-state index in [1.807, 2.05) is 14.0 Å². The van der Waals surface area contributed by atoms with E-state index in [-0.39, 0.29) is 17.7 Å². The summed E-state index contributed by atoms with van der Waals surface area (Å²) in [6, 6.07) is 3.50. The SMILES string of the molecule is CCN(CC)CCN(C)C(C)c1cc(F)ccc1F. The maximum Gasteiger partial charge on any atom is 0.128 e. The van der Waals surface area contributed by atoms with Crippen LogP contribution in [0.5, 0.6) is 0 Å². The lowest BCUT2D eigenvalue weighted by Crippen LogP contribution is -2.34. The van der Waals surface area contributed by atoms with Crippen molar-refractivity contribution in [3.63, 3.8) is 0 Å². The van der Waals surface area contributed by atoms with Crippen molar-refractivity contribution < 1.29 is 8.78 Å². The summed E-state index contributed by atoms with van der Waals surface area (Å²) >= 11 is 0. The van der Waals surface area contributed by atoms with Crippen LogP contribution in [0.2, 0.25) is 0 Å². The molecule has 0 N–H and O–H groups in total. The van der Waals surface area contributed by atoms with Gasteiger partial charge in [0.05, 0.1) is 0 Å². The molecule has 1 aromatic rings. The van der Waals surface area contributed by atoms with Gasteiger partial charge in [0.2, 0.25) is 0 Å². The van der Waals surface area contributed by atoms with Gasteiger partial charge in [0.15, 0.2) is 0 Å². The average Bonchev–Trinajstić information content (AvgIpc) is 2.41. The molecule has 1 unspecified atom stereocenters. The highest BCUT2D eigenvalue weighted by molar-refractivity contribution is 5.21. The van der Waals surface area contributed by atoms with E-state index in [4.69, 9.17) is 0 Å². The van der Waals surface area contributed by atoms with Crippen LogP contribution in [0.25, 0.3) is 0 Å². The molecule has 0 bridgehead atoms. The van der Waals surface area contributed by atoms with Gasteiger partial charge in [-0.25, -0.2) is 8.78 Å². The first-order valence-electron chi connectivity index (χ1n) is 6.87. The summed E-state index contributed by atoms with van der Waals surface area (Å²) in [5.74, 6) is -0.732. The van der Waals surface area contributed by atoms with E-state index >= 15 is 0 Å². The van der Waals surface area contributed by atoms with Crippen LogP contribution in [-0.4, -0.2) is 43.0 Å². The molecule has 0 aromatic heterocycles. The Hall–Kier alpha value is -1.00. The van der Waals surface area contributed by atoms with Crippen molar-refractivity contribution in [3.05, 3.63) is 35.4 Å². The second-order valence-electron chi connectivity index (χ2n) is 4.85. The van der Waals surface area contributed by atoms with Crippen LogP contribution in [-0.2, 0) is 0 Å². The first-order chi connectivity index (χ1) is 8.99. The molecule has 0 radical (unpaired) electrons. The van der Waals surface area contributed by atoms with E-state index in [2.05, 4.69) is 23.6 Å². The fourth-order valence-corrected chi connectivity index (χ4v) is 2.10. The molecule has 0 aliphatic rings. The van der Waals surface area contributed by atoms with Crippen molar-refractivity contribution in [1.29, 1.82) is 0 Å². The van der Waals surface area contributed by atoms with Crippen molar-refractivity contribution in [3.8, 4) is 0 Å². The van der Waals surface area contributed by atoms with Crippen molar-refractivity contribution in [2.24, 2.45) is 0 Å². The summed E-state index contributed by atoms with van der Waals surface area (Å²) in [4.78, 5) is 4.36. The Morgan fingerprint density at radius 1 is 1.11 bits per heavy atom. The first-order valence-corrected chi connectivity index (χ1v) is 6.87. The van der Waals surface area contributed by atoms with Gasteiger partial charge in [-0.15, -0.1) is 0 Å². The molecule has 19 heavy (non-hydrogen) atoms. The molecule has 0 heterocycles. The third-order valence-corrected chi connectivity index (χ3v) is 3.73. The van der Waals surface area contributed by atoms with E-state index < -0.39 is 0 Å². The number of hydrogen-bond acceptors (Lipinski definition) is 2. The van der Waals surface area contributed by atoms with Crippen LogP contribution in [0.15, 0.2) is 18.2 Å². The summed E-state index contributed by atoms with van der Waals surface area (Å²) < 4.78 is 26.9. The maximum absolute atomic E-state index is 13.7. The minimum atomic E-state index is -0.389. The molecule has 0 aliphatic heterocycles. The molecule has 1 atom stereocenters. The molecule has 0 fully saturated rings. The highest BCUT2D eigenvalue weighted by Gasteiger charge is 2.16. The largest absolute Gasteiger partial charge is 0.303 e. The van der Waals surface area contributed by atoms with E-state index in [0.29, 0.717) is 5.56 Å². The van der Waals surface area contributed by atoms with E-state index in [1.165, 1.54) is 12.1 Å². The minimum absolute atomic E-state index is 0.133. The first kappa shape index (κ1) is 16.1. The van der Waals surface area contributed by atoms with Crippen LogP contribution >= 0.6 is 0 Å². The van der Waals surface area contributed by atoms with E-state index in [1.54, 1.807) is 0 Å². The lowest BCUT2D eigenvalue weighted by Gasteiger charge is -2.28. The van der Waals surface area contributed by atoms with Crippen LogP contribution in [0.3, 0.4) is 0 Å². The standard InChI is InChI=1S/C15H24F2N2/c1-5-19(6-2)10-9-18(4)12(3)14-11-13(16)7-8-15(14)17/h7-8,11-12H,5-6,9-10H2,1-4H3. The highest BCUT2D eigenvalue weighted by Crippen LogP contribution is 2.22. The Bertz CT molecular complexity index is 392. The van der Waals surface area contributed by atoms with Gasteiger partial charge in [-0.1, -0.05) is 13.8 Å². The van der Waals surface area contributed by atoms with Gasteiger partial charge in [0.1, 0.15) is 11.6 Å². The van der Waals surface area contributed by atoms with Crippen LogP contribution < -0.4 is 0 Å². The summed E-state index contributed by atoms with van der Waals surface area (Å²) in [6.07, 6.45) is 0. The predicted octanol–water partition coefficient (Wildman–Crippen LogP) is 3.30. The van der Waals surface area contributed by atoms with Crippen LogP contribution in [0, 0.1) is 11.6 Å². The summed E-state index contributed by atoms with van der Waals surface area (Å²) in [7, 11) is 1.94. The summed E-state index contributed by atoms with van der Waals surface area (Å²) in [6.45, 7) is 9.93. The Labute approximate surface area is 115 Å². The quantitative estimate of drug-likeness (QED) is 0.750. The van der Waals surface area contributed by atoms with Gasteiger partial charge in [-0.2, -0.15) is 0 Å².